The Labute approximate surface area is 97.0 Å². The quantitative estimate of drug-likeness (QED) is 0.822. The molecule has 1 unspecified atom stereocenters. The van der Waals surface area contributed by atoms with Crippen molar-refractivity contribution in [1.29, 1.82) is 0 Å². The highest BCUT2D eigenvalue weighted by Gasteiger charge is 2.29. The van der Waals surface area contributed by atoms with Crippen LogP contribution in [0.5, 0.6) is 5.75 Å². The first kappa shape index (κ1) is 10.2. The summed E-state index contributed by atoms with van der Waals surface area (Å²) in [5, 5.41) is 3.72. The Morgan fingerprint density at radius 2 is 2.00 bits per heavy atom. The lowest BCUT2D eigenvalue weighted by Crippen LogP contribution is -2.29. The van der Waals surface area contributed by atoms with Gasteiger partial charge >= 0.3 is 0 Å². The van der Waals surface area contributed by atoms with E-state index in [0.717, 1.165) is 24.8 Å². The summed E-state index contributed by atoms with van der Waals surface area (Å²) in [4.78, 5) is 0. The fourth-order valence-corrected chi connectivity index (χ4v) is 2.42. The maximum atomic E-state index is 5.83. The molecule has 1 aliphatic heterocycles. The average Bonchev–Trinajstić information content (AvgIpc) is 3.08. The summed E-state index contributed by atoms with van der Waals surface area (Å²) in [6, 6.07) is 5.72. The Balaban J connectivity index is 1.94. The topological polar surface area (TPSA) is 21.3 Å². The molecule has 16 heavy (non-hydrogen) atoms. The number of nitrogens with one attached hydrogen (secondary N) is 1. The molecule has 1 saturated carbocycles. The van der Waals surface area contributed by atoms with Gasteiger partial charge in [0.15, 0.2) is 0 Å². The summed E-state index contributed by atoms with van der Waals surface area (Å²) in [6.45, 7) is 5.16. The molecule has 1 fully saturated rings. The third-order valence-corrected chi connectivity index (χ3v) is 3.75. The highest BCUT2D eigenvalue weighted by molar-refractivity contribution is 5.47. The SMILES string of the molecule is Cc1ccc2c(c1C)OCCC2NC1CC1. The molecular formula is C14H19NO. The van der Waals surface area contributed by atoms with Crippen LogP contribution in [0, 0.1) is 13.8 Å². The molecule has 2 nitrogen and oxygen atoms in total. The van der Waals surface area contributed by atoms with E-state index in [4.69, 9.17) is 4.74 Å². The molecule has 1 heterocycles. The van der Waals surface area contributed by atoms with E-state index in [1.54, 1.807) is 0 Å². The van der Waals surface area contributed by atoms with Crippen LogP contribution in [-0.2, 0) is 0 Å². The Bertz CT molecular complexity index is 409. The van der Waals surface area contributed by atoms with Gasteiger partial charge in [-0.25, -0.2) is 0 Å². The van der Waals surface area contributed by atoms with E-state index in [0.29, 0.717) is 6.04 Å². The normalized spacial score (nSPS) is 23.8. The minimum Gasteiger partial charge on any atom is -0.493 e. The summed E-state index contributed by atoms with van der Waals surface area (Å²) in [5.74, 6) is 1.13. The smallest absolute Gasteiger partial charge is 0.127 e. The van der Waals surface area contributed by atoms with E-state index < -0.39 is 0 Å². The predicted molar refractivity (Wildman–Crippen MR) is 64.9 cm³/mol. The van der Waals surface area contributed by atoms with E-state index in [1.165, 1.54) is 29.5 Å². The van der Waals surface area contributed by atoms with Crippen molar-refractivity contribution < 1.29 is 4.74 Å². The molecule has 1 aromatic rings. The summed E-state index contributed by atoms with van der Waals surface area (Å²) >= 11 is 0. The summed E-state index contributed by atoms with van der Waals surface area (Å²) < 4.78 is 5.83. The van der Waals surface area contributed by atoms with E-state index in [-0.39, 0.29) is 0 Å². The van der Waals surface area contributed by atoms with Crippen molar-refractivity contribution in [3.8, 4) is 5.75 Å². The molecule has 0 spiro atoms. The van der Waals surface area contributed by atoms with Gasteiger partial charge < -0.3 is 10.1 Å². The molecule has 2 aliphatic rings. The molecule has 0 aromatic heterocycles. The van der Waals surface area contributed by atoms with Crippen LogP contribution in [0.25, 0.3) is 0 Å². The first-order valence-corrected chi connectivity index (χ1v) is 6.24. The summed E-state index contributed by atoms with van der Waals surface area (Å²) in [7, 11) is 0. The molecule has 2 heteroatoms. The van der Waals surface area contributed by atoms with Gasteiger partial charge in [-0.3, -0.25) is 0 Å². The van der Waals surface area contributed by atoms with Crippen LogP contribution in [0.4, 0.5) is 0 Å². The number of hydrogen-bond donors (Lipinski definition) is 1. The van der Waals surface area contributed by atoms with E-state index in [1.807, 2.05) is 0 Å². The first-order valence-electron chi connectivity index (χ1n) is 6.24. The maximum Gasteiger partial charge on any atom is 0.127 e. The van der Waals surface area contributed by atoms with Crippen LogP contribution in [0.3, 0.4) is 0 Å². The zero-order valence-corrected chi connectivity index (χ0v) is 10.0. The molecule has 3 rings (SSSR count). The minimum absolute atomic E-state index is 0.510. The number of fused-ring (bicyclic) bond motifs is 1. The van der Waals surface area contributed by atoms with Crippen LogP contribution in [0.2, 0.25) is 0 Å². The lowest BCUT2D eigenvalue weighted by atomic mass is 9.95. The van der Waals surface area contributed by atoms with Crippen LogP contribution < -0.4 is 10.1 Å². The zero-order chi connectivity index (χ0) is 11.1. The van der Waals surface area contributed by atoms with Crippen LogP contribution in [-0.4, -0.2) is 12.6 Å². The van der Waals surface area contributed by atoms with Crippen molar-refractivity contribution in [2.24, 2.45) is 0 Å². The Kier molecular flexibility index (Phi) is 2.40. The number of benzene rings is 1. The highest BCUT2D eigenvalue weighted by atomic mass is 16.5. The largest absolute Gasteiger partial charge is 0.493 e. The van der Waals surface area contributed by atoms with Crippen LogP contribution in [0.15, 0.2) is 12.1 Å². The molecular weight excluding hydrogens is 198 g/mol. The number of aryl methyl sites for hydroxylation is 1. The van der Waals surface area contributed by atoms with Crippen LogP contribution in [0.1, 0.15) is 42.0 Å². The van der Waals surface area contributed by atoms with Crippen molar-refractivity contribution in [3.05, 3.63) is 28.8 Å². The lowest BCUT2D eigenvalue weighted by Gasteiger charge is -2.28. The molecule has 0 radical (unpaired) electrons. The number of rotatable bonds is 2. The van der Waals surface area contributed by atoms with Crippen molar-refractivity contribution in [2.45, 2.75) is 45.2 Å². The second-order valence-corrected chi connectivity index (χ2v) is 5.06. The maximum absolute atomic E-state index is 5.83. The number of hydrogen-bond acceptors (Lipinski definition) is 2. The van der Waals surface area contributed by atoms with Gasteiger partial charge in [-0.05, 0) is 37.8 Å². The minimum atomic E-state index is 0.510. The Morgan fingerprint density at radius 3 is 2.75 bits per heavy atom. The standard InChI is InChI=1S/C14H19NO/c1-9-3-6-12-13(15-11-4-5-11)7-8-16-14(12)10(9)2/h3,6,11,13,15H,4-5,7-8H2,1-2H3. The lowest BCUT2D eigenvalue weighted by molar-refractivity contribution is 0.250. The Morgan fingerprint density at radius 1 is 1.19 bits per heavy atom. The zero-order valence-electron chi connectivity index (χ0n) is 10.0. The van der Waals surface area contributed by atoms with Gasteiger partial charge in [0.2, 0.25) is 0 Å². The van der Waals surface area contributed by atoms with Gasteiger partial charge in [-0.15, -0.1) is 0 Å². The summed E-state index contributed by atoms with van der Waals surface area (Å²) in [5.41, 5.74) is 3.99. The molecule has 0 amide bonds. The Hall–Kier alpha value is -1.02. The monoisotopic (exact) mass is 217 g/mol. The molecule has 86 valence electrons. The second-order valence-electron chi connectivity index (χ2n) is 5.06. The molecule has 1 N–H and O–H groups in total. The summed E-state index contributed by atoms with van der Waals surface area (Å²) in [6.07, 6.45) is 3.79. The highest BCUT2D eigenvalue weighted by Crippen LogP contribution is 2.37. The van der Waals surface area contributed by atoms with Crippen molar-refractivity contribution >= 4 is 0 Å². The van der Waals surface area contributed by atoms with Gasteiger partial charge in [0, 0.05) is 24.1 Å². The van der Waals surface area contributed by atoms with Gasteiger partial charge in [0.25, 0.3) is 0 Å². The molecule has 0 bridgehead atoms. The van der Waals surface area contributed by atoms with Gasteiger partial charge in [0.05, 0.1) is 6.61 Å². The fraction of sp³-hybridized carbons (Fsp3) is 0.571. The van der Waals surface area contributed by atoms with E-state index in [9.17, 15) is 0 Å². The third-order valence-electron chi connectivity index (χ3n) is 3.75. The van der Waals surface area contributed by atoms with Crippen molar-refractivity contribution in [1.82, 2.24) is 5.32 Å². The first-order chi connectivity index (χ1) is 7.75. The second kappa shape index (κ2) is 3.77. The van der Waals surface area contributed by atoms with E-state index >= 15 is 0 Å². The van der Waals surface area contributed by atoms with Crippen molar-refractivity contribution in [3.63, 3.8) is 0 Å². The molecule has 1 atom stereocenters. The molecule has 0 saturated heterocycles. The van der Waals surface area contributed by atoms with Gasteiger partial charge in [-0.2, -0.15) is 0 Å². The fourth-order valence-electron chi connectivity index (χ4n) is 2.42. The van der Waals surface area contributed by atoms with Gasteiger partial charge in [0.1, 0.15) is 5.75 Å². The molecule has 1 aliphatic carbocycles. The predicted octanol–water partition coefficient (Wildman–Crippen LogP) is 2.88. The van der Waals surface area contributed by atoms with Gasteiger partial charge in [-0.1, -0.05) is 12.1 Å². The van der Waals surface area contributed by atoms with E-state index in [2.05, 4.69) is 31.3 Å². The average molecular weight is 217 g/mol. The third kappa shape index (κ3) is 1.71. The number of ether oxygens (including phenoxy) is 1. The van der Waals surface area contributed by atoms with Crippen molar-refractivity contribution in [2.75, 3.05) is 6.61 Å². The molecule has 1 aromatic carbocycles. The van der Waals surface area contributed by atoms with Crippen LogP contribution >= 0.6 is 0 Å².